The quantitative estimate of drug-likeness (QED) is 0.454. The average molecular weight is 435 g/mol. The Bertz CT molecular complexity index is 1270. The number of phenols is 1. The normalized spacial score (nSPS) is 13.4. The maximum atomic E-state index is 11.0. The lowest BCUT2D eigenvalue weighted by molar-refractivity contribution is 0.475. The second kappa shape index (κ2) is 7.64. The van der Waals surface area contributed by atoms with E-state index >= 15 is 0 Å². The molecule has 0 fully saturated rings. The summed E-state index contributed by atoms with van der Waals surface area (Å²) in [6, 6.07) is 15.8. The Morgan fingerprint density at radius 1 is 1.10 bits per heavy atom. The number of hydrogen-bond acceptors (Lipinski definition) is 7. The number of anilines is 2. The van der Waals surface area contributed by atoms with E-state index in [-0.39, 0.29) is 10.6 Å². The Morgan fingerprint density at radius 3 is 2.70 bits per heavy atom. The topological polar surface area (TPSA) is 98.2 Å². The van der Waals surface area contributed by atoms with Crippen LogP contribution in [0, 0.1) is 0 Å². The molecule has 0 spiro atoms. The van der Waals surface area contributed by atoms with Gasteiger partial charge in [-0.15, -0.1) is 11.3 Å². The number of thiophene rings is 1. The fraction of sp³-hybridized carbons (Fsp3) is 0.0909. The lowest BCUT2D eigenvalue weighted by Crippen LogP contribution is -2.06. The molecule has 2 N–H and O–H groups in total. The van der Waals surface area contributed by atoms with Crippen molar-refractivity contribution >= 4 is 34.1 Å². The largest absolute Gasteiger partial charge is 0.768 e. The van der Waals surface area contributed by atoms with Crippen molar-refractivity contribution < 1.29 is 13.9 Å². The third-order valence-electron chi connectivity index (χ3n) is 4.98. The Labute approximate surface area is 179 Å². The molecule has 0 saturated carbocycles. The highest BCUT2D eigenvalue weighted by Gasteiger charge is 2.22. The number of nitrogens with one attached hydrogen (secondary N) is 1. The molecule has 2 aromatic carbocycles. The van der Waals surface area contributed by atoms with E-state index in [0.717, 1.165) is 40.1 Å². The smallest absolute Gasteiger partial charge is 0.227 e. The standard InChI is InChI=1S/C22H17N3O3S2/c26-16-3-1-2-13(10-16)20-11-18-19(29-20)9-4-14-12-23-22(25-21(14)18)24-15-5-7-17(8-6-15)30(27)28/h1-3,5-8,10-12,26H,4,9H2,(H,27,28)(H,23,24,25)/p-1. The van der Waals surface area contributed by atoms with Gasteiger partial charge in [-0.1, -0.05) is 12.1 Å². The molecular formula is C22H16N3O3S2-. The highest BCUT2D eigenvalue weighted by atomic mass is 32.2. The number of aromatic hydroxyl groups is 1. The minimum absolute atomic E-state index is 0.231. The Hall–Kier alpha value is -3.07. The second-order valence-corrected chi connectivity index (χ2v) is 9.03. The van der Waals surface area contributed by atoms with E-state index in [1.54, 1.807) is 35.6 Å². The van der Waals surface area contributed by atoms with Gasteiger partial charge in [0, 0.05) is 32.1 Å². The molecule has 30 heavy (non-hydrogen) atoms. The first-order chi connectivity index (χ1) is 14.6. The maximum Gasteiger partial charge on any atom is 0.227 e. The van der Waals surface area contributed by atoms with Gasteiger partial charge in [-0.3, -0.25) is 4.21 Å². The molecule has 0 saturated heterocycles. The first-order valence-corrected chi connectivity index (χ1v) is 11.2. The Kier molecular flexibility index (Phi) is 4.82. The van der Waals surface area contributed by atoms with Gasteiger partial charge in [-0.2, -0.15) is 0 Å². The van der Waals surface area contributed by atoms with Crippen molar-refractivity contribution in [2.45, 2.75) is 17.7 Å². The number of benzene rings is 2. The summed E-state index contributed by atoms with van der Waals surface area (Å²) in [6.45, 7) is 0. The van der Waals surface area contributed by atoms with Crippen molar-refractivity contribution in [3.05, 3.63) is 71.2 Å². The van der Waals surface area contributed by atoms with Crippen LogP contribution in [0.25, 0.3) is 21.7 Å². The number of aryl methyl sites for hydroxylation is 2. The minimum atomic E-state index is -2.25. The zero-order valence-electron chi connectivity index (χ0n) is 15.7. The van der Waals surface area contributed by atoms with Crippen molar-refractivity contribution in [2.75, 3.05) is 5.32 Å². The van der Waals surface area contributed by atoms with Crippen LogP contribution in [0.15, 0.2) is 65.7 Å². The summed E-state index contributed by atoms with van der Waals surface area (Å²) in [6.07, 6.45) is 3.67. The van der Waals surface area contributed by atoms with Gasteiger partial charge in [-0.05, 0) is 77.5 Å². The van der Waals surface area contributed by atoms with Crippen LogP contribution in [0.3, 0.4) is 0 Å². The number of rotatable bonds is 4. The summed E-state index contributed by atoms with van der Waals surface area (Å²) in [5.74, 6) is 0.711. The lowest BCUT2D eigenvalue weighted by atomic mass is 9.96. The van der Waals surface area contributed by atoms with Crippen LogP contribution in [0.5, 0.6) is 5.75 Å². The summed E-state index contributed by atoms with van der Waals surface area (Å²) in [4.78, 5) is 11.8. The molecule has 8 heteroatoms. The molecule has 1 unspecified atom stereocenters. The summed E-state index contributed by atoms with van der Waals surface area (Å²) in [5, 5.41) is 12.9. The summed E-state index contributed by atoms with van der Waals surface area (Å²) >= 11 is -0.525. The molecule has 1 atom stereocenters. The van der Waals surface area contributed by atoms with Gasteiger partial charge in [0.1, 0.15) is 5.75 Å². The van der Waals surface area contributed by atoms with Crippen LogP contribution in [0.4, 0.5) is 11.6 Å². The summed E-state index contributed by atoms with van der Waals surface area (Å²) < 4.78 is 22.0. The fourth-order valence-corrected chi connectivity index (χ4v) is 5.04. The molecule has 2 heterocycles. The van der Waals surface area contributed by atoms with Crippen LogP contribution in [-0.2, 0) is 23.9 Å². The molecule has 150 valence electrons. The SMILES string of the molecule is O=S([O-])c1ccc(Nc2ncc3c(n2)-c2cc(-c4cccc(O)c4)sc2CC3)cc1. The minimum Gasteiger partial charge on any atom is -0.768 e. The van der Waals surface area contributed by atoms with Gasteiger partial charge >= 0.3 is 0 Å². The van der Waals surface area contributed by atoms with Crippen molar-refractivity contribution in [3.8, 4) is 27.4 Å². The Morgan fingerprint density at radius 2 is 1.93 bits per heavy atom. The average Bonchev–Trinajstić information content (AvgIpc) is 3.19. The van der Waals surface area contributed by atoms with Gasteiger partial charge in [0.2, 0.25) is 5.95 Å². The highest BCUT2D eigenvalue weighted by Crippen LogP contribution is 2.42. The van der Waals surface area contributed by atoms with E-state index in [1.165, 1.54) is 17.0 Å². The van der Waals surface area contributed by atoms with Crippen molar-refractivity contribution in [1.29, 1.82) is 0 Å². The van der Waals surface area contributed by atoms with Gasteiger partial charge < -0.3 is 15.0 Å². The number of fused-ring (bicyclic) bond motifs is 3. The highest BCUT2D eigenvalue weighted by molar-refractivity contribution is 7.79. The summed E-state index contributed by atoms with van der Waals surface area (Å²) in [5.41, 5.74) is 4.81. The van der Waals surface area contributed by atoms with Crippen molar-refractivity contribution in [3.63, 3.8) is 0 Å². The molecule has 1 aliphatic carbocycles. The predicted molar refractivity (Wildman–Crippen MR) is 117 cm³/mol. The van der Waals surface area contributed by atoms with Gasteiger partial charge in [0.15, 0.2) is 0 Å². The lowest BCUT2D eigenvalue weighted by Gasteiger charge is -2.16. The molecular weight excluding hydrogens is 418 g/mol. The van der Waals surface area contributed by atoms with Crippen LogP contribution >= 0.6 is 11.3 Å². The third kappa shape index (κ3) is 3.60. The first kappa shape index (κ1) is 18.9. The van der Waals surface area contributed by atoms with Crippen LogP contribution < -0.4 is 5.32 Å². The van der Waals surface area contributed by atoms with Crippen LogP contribution in [0.1, 0.15) is 10.4 Å². The zero-order chi connectivity index (χ0) is 20.7. The third-order valence-corrected chi connectivity index (χ3v) is 6.88. The zero-order valence-corrected chi connectivity index (χ0v) is 17.3. The van der Waals surface area contributed by atoms with Gasteiger partial charge in [0.25, 0.3) is 0 Å². The molecule has 6 nitrogen and oxygen atoms in total. The van der Waals surface area contributed by atoms with E-state index in [1.807, 2.05) is 18.3 Å². The predicted octanol–water partition coefficient (Wildman–Crippen LogP) is 4.66. The second-order valence-electron chi connectivity index (χ2n) is 6.95. The molecule has 5 rings (SSSR count). The van der Waals surface area contributed by atoms with Gasteiger partial charge in [-0.25, -0.2) is 9.97 Å². The van der Waals surface area contributed by atoms with Gasteiger partial charge in [0.05, 0.1) is 5.69 Å². The monoisotopic (exact) mass is 434 g/mol. The van der Waals surface area contributed by atoms with Crippen LogP contribution in [-0.4, -0.2) is 23.8 Å². The fourth-order valence-electron chi connectivity index (χ4n) is 3.53. The Balaban J connectivity index is 1.48. The van der Waals surface area contributed by atoms with E-state index in [2.05, 4.69) is 16.4 Å². The van der Waals surface area contributed by atoms with Crippen molar-refractivity contribution in [2.24, 2.45) is 0 Å². The number of hydrogen-bond donors (Lipinski definition) is 2. The molecule has 0 amide bonds. The van der Waals surface area contributed by atoms with E-state index in [9.17, 15) is 13.9 Å². The van der Waals surface area contributed by atoms with Crippen LogP contribution in [0.2, 0.25) is 0 Å². The molecule has 0 bridgehead atoms. The molecule has 0 aliphatic heterocycles. The van der Waals surface area contributed by atoms with E-state index in [0.29, 0.717) is 11.6 Å². The molecule has 2 aromatic heterocycles. The number of nitrogens with zero attached hydrogens (tertiary/aromatic N) is 2. The van der Waals surface area contributed by atoms with E-state index < -0.39 is 11.1 Å². The van der Waals surface area contributed by atoms with Crippen molar-refractivity contribution in [1.82, 2.24) is 9.97 Å². The maximum absolute atomic E-state index is 11.0. The first-order valence-electron chi connectivity index (χ1n) is 9.31. The van der Waals surface area contributed by atoms with E-state index in [4.69, 9.17) is 4.98 Å². The molecule has 4 aromatic rings. The molecule has 1 aliphatic rings. The summed E-state index contributed by atoms with van der Waals surface area (Å²) in [7, 11) is 0. The molecule has 0 radical (unpaired) electrons. The number of aromatic nitrogens is 2. The number of phenolic OH excluding ortho intramolecular Hbond substituents is 1.